The molecule has 3 rings (SSSR count). The number of nitrogens with zero attached hydrogens (tertiary/aromatic N) is 4. The number of aromatic nitrogens is 4. The van der Waals surface area contributed by atoms with Gasteiger partial charge in [-0.1, -0.05) is 0 Å². The van der Waals surface area contributed by atoms with Gasteiger partial charge in [0.1, 0.15) is 24.2 Å². The van der Waals surface area contributed by atoms with Gasteiger partial charge in [-0.2, -0.15) is 4.98 Å². The zero-order chi connectivity index (χ0) is 44.9. The van der Waals surface area contributed by atoms with Crippen molar-refractivity contribution >= 4 is 61.8 Å². The lowest BCUT2D eigenvalue weighted by Crippen LogP contribution is -2.46. The van der Waals surface area contributed by atoms with Crippen LogP contribution in [0.4, 0.5) is 5.95 Å². The summed E-state index contributed by atoms with van der Waals surface area (Å²) in [6.45, 7) is 11.1. The average molecular weight is 893 g/mol. The van der Waals surface area contributed by atoms with Gasteiger partial charge in [0.25, 0.3) is 5.56 Å². The Kier molecular flexibility index (Phi) is 18.8. The van der Waals surface area contributed by atoms with Crippen LogP contribution in [-0.4, -0.2) is 148 Å². The number of aliphatic hydroxyl groups is 1. The highest BCUT2D eigenvalue weighted by Gasteiger charge is 2.43. The summed E-state index contributed by atoms with van der Waals surface area (Å²) in [6, 6.07) is -5.47. The molecule has 0 aliphatic carbocycles. The number of likely N-dealkylation sites (tertiary alicyclic amines) is 1. The molecule has 0 aromatic carbocycles. The number of esters is 4. The third-order valence-electron chi connectivity index (χ3n) is 9.05. The van der Waals surface area contributed by atoms with Gasteiger partial charge < -0.3 is 44.0 Å². The lowest BCUT2D eigenvalue weighted by Gasteiger charge is -2.30. The molecule has 7 atom stereocenters. The van der Waals surface area contributed by atoms with E-state index >= 15 is 0 Å². The Bertz CT molecular complexity index is 1920. The second kappa shape index (κ2) is 22.5. The van der Waals surface area contributed by atoms with Crippen molar-refractivity contribution in [2.75, 3.05) is 58.0 Å². The van der Waals surface area contributed by atoms with Crippen molar-refractivity contribution in [1.82, 2.24) is 44.8 Å². The number of hydrogen-bond donors (Lipinski definition) is 7. The summed E-state index contributed by atoms with van der Waals surface area (Å²) in [4.78, 5) is 88.6. The quantitative estimate of drug-likeness (QED) is 0.0405. The van der Waals surface area contributed by atoms with Crippen molar-refractivity contribution in [2.45, 2.75) is 104 Å². The summed E-state index contributed by atoms with van der Waals surface area (Å²) in [7, 11) is -8.23. The number of anilines is 1. The Morgan fingerprint density at radius 1 is 0.833 bits per heavy atom. The average Bonchev–Trinajstić information content (AvgIpc) is 3.80. The lowest BCUT2D eigenvalue weighted by molar-refractivity contribution is -0.145. The largest absolute Gasteiger partial charge is 0.465 e. The molecule has 0 radical (unpaired) electrons. The van der Waals surface area contributed by atoms with Gasteiger partial charge in [0.05, 0.1) is 51.5 Å². The number of carbonyl (C=O) groups excluding carboxylic acids is 5. The Balaban J connectivity index is 1.94. The molecule has 60 heavy (non-hydrogen) atoms. The van der Waals surface area contributed by atoms with E-state index in [2.05, 4.69) is 35.3 Å². The first-order valence-corrected chi connectivity index (χ1v) is 23.2. The SMILES string of the molecule is CCOC(=O)C(C)NP(=O)(CCC(=O)N1CC(OC[C@@H](O)P(=O)(NC(C)C(=O)OCC)NC(C)C(=O)OCC)C(n2cnc3c(=O)[nH]c(N)nc32)C1)NC(C)C(=O)OCC. The molecule has 1 aliphatic heterocycles. The number of aliphatic hydroxyl groups excluding tert-OH is 1. The number of ether oxygens (including phenoxy) is 5. The van der Waals surface area contributed by atoms with E-state index in [9.17, 15) is 43.0 Å². The number of amides is 1. The summed E-state index contributed by atoms with van der Waals surface area (Å²) in [5.74, 6) is -5.65. The van der Waals surface area contributed by atoms with E-state index in [1.54, 1.807) is 27.7 Å². The third-order valence-corrected chi connectivity index (χ3v) is 14.0. The molecule has 6 unspecified atom stereocenters. The van der Waals surface area contributed by atoms with Crippen molar-refractivity contribution < 1.29 is 61.9 Å². The standard InChI is InChI=1S/C34H58N10O14P2/c1-9-54-30(48)19(5)39-59(52,40-20(6)31(49)55-10-2)14-13-25(45)43-15-23(44-18-36-27-28(44)37-34(35)38-29(27)47)24(16-43)58-17-26(46)60(53,41-21(7)32(50)56-11-3)42-22(8)33(51)57-12-4/h18-24,26,46H,9-17H2,1-8H3,(H2,39,40,52)(H2,41,42,53)(H3,35,37,38,47)/t19?,20?,21?,22?,23?,24?,26-,59?,60?/m0/s1. The summed E-state index contributed by atoms with van der Waals surface area (Å²) < 4.78 is 56.3. The first-order valence-electron chi connectivity index (χ1n) is 19.5. The van der Waals surface area contributed by atoms with Crippen molar-refractivity contribution in [1.29, 1.82) is 0 Å². The van der Waals surface area contributed by atoms with Crippen LogP contribution in [0.25, 0.3) is 11.2 Å². The van der Waals surface area contributed by atoms with Crippen LogP contribution < -0.4 is 31.6 Å². The third kappa shape index (κ3) is 13.4. The minimum Gasteiger partial charge on any atom is -0.465 e. The molecule has 0 bridgehead atoms. The normalized spacial score (nSPS) is 19.9. The van der Waals surface area contributed by atoms with Crippen LogP contribution in [0.2, 0.25) is 0 Å². The maximum Gasteiger partial charge on any atom is 0.323 e. The maximum atomic E-state index is 14.4. The fraction of sp³-hybridized carbons (Fsp3) is 0.706. The van der Waals surface area contributed by atoms with E-state index in [1.165, 1.54) is 43.5 Å². The minimum atomic E-state index is -4.33. The van der Waals surface area contributed by atoms with E-state index in [-0.39, 0.29) is 69.2 Å². The molecule has 1 amide bonds. The molecule has 2 aromatic rings. The second-order valence-corrected chi connectivity index (χ2v) is 18.6. The molecule has 26 heteroatoms. The molecule has 1 aliphatic rings. The van der Waals surface area contributed by atoms with Crippen molar-refractivity contribution in [3.63, 3.8) is 0 Å². The highest BCUT2D eigenvalue weighted by atomic mass is 31.2. The van der Waals surface area contributed by atoms with Gasteiger partial charge in [-0.3, -0.25) is 42.9 Å². The van der Waals surface area contributed by atoms with Gasteiger partial charge in [0, 0.05) is 25.7 Å². The molecular weight excluding hydrogens is 834 g/mol. The summed E-state index contributed by atoms with van der Waals surface area (Å²) in [6.07, 6.45) is -0.467. The molecule has 3 heterocycles. The second-order valence-electron chi connectivity index (χ2n) is 13.8. The molecule has 1 fully saturated rings. The molecule has 1 saturated heterocycles. The Morgan fingerprint density at radius 3 is 1.77 bits per heavy atom. The predicted octanol–water partition coefficient (Wildman–Crippen LogP) is -0.270. The van der Waals surface area contributed by atoms with Crippen molar-refractivity contribution in [3.8, 4) is 0 Å². The Hall–Kier alpha value is -4.28. The molecule has 2 aromatic heterocycles. The van der Waals surface area contributed by atoms with E-state index < -0.39 is 99.0 Å². The predicted molar refractivity (Wildman–Crippen MR) is 216 cm³/mol. The number of rotatable bonds is 24. The monoisotopic (exact) mass is 892 g/mol. The maximum absolute atomic E-state index is 14.4. The smallest absolute Gasteiger partial charge is 0.323 e. The first-order chi connectivity index (χ1) is 28.2. The molecule has 0 spiro atoms. The number of fused-ring (bicyclic) bond motifs is 1. The highest BCUT2D eigenvalue weighted by Crippen LogP contribution is 2.43. The van der Waals surface area contributed by atoms with E-state index in [0.717, 1.165) is 0 Å². The molecule has 0 saturated carbocycles. The number of aromatic amines is 1. The summed E-state index contributed by atoms with van der Waals surface area (Å²) in [5.41, 5.74) is 5.18. The van der Waals surface area contributed by atoms with Crippen LogP contribution in [-0.2, 0) is 56.8 Å². The zero-order valence-corrected chi connectivity index (χ0v) is 36.8. The zero-order valence-electron chi connectivity index (χ0n) is 35.0. The van der Waals surface area contributed by atoms with Crippen LogP contribution in [0.3, 0.4) is 0 Å². The summed E-state index contributed by atoms with van der Waals surface area (Å²) in [5, 5.41) is 22.0. The van der Waals surface area contributed by atoms with Crippen molar-refractivity contribution in [2.24, 2.45) is 0 Å². The van der Waals surface area contributed by atoms with Gasteiger partial charge >= 0.3 is 23.9 Å². The Morgan fingerprint density at radius 2 is 1.30 bits per heavy atom. The van der Waals surface area contributed by atoms with Crippen LogP contribution in [0, 0.1) is 0 Å². The van der Waals surface area contributed by atoms with E-state index in [1.807, 2.05) is 0 Å². The van der Waals surface area contributed by atoms with Gasteiger partial charge in [-0.15, -0.1) is 0 Å². The van der Waals surface area contributed by atoms with Gasteiger partial charge in [0.15, 0.2) is 17.0 Å². The number of nitrogen functional groups attached to an aromatic ring is 1. The van der Waals surface area contributed by atoms with Crippen LogP contribution in [0.1, 0.15) is 67.9 Å². The van der Waals surface area contributed by atoms with Gasteiger partial charge in [0.2, 0.25) is 26.7 Å². The molecule has 8 N–H and O–H groups in total. The fourth-order valence-corrected chi connectivity index (χ4v) is 10.5. The van der Waals surface area contributed by atoms with Crippen molar-refractivity contribution in [3.05, 3.63) is 16.7 Å². The van der Waals surface area contributed by atoms with Crippen LogP contribution in [0.5, 0.6) is 0 Å². The number of hydrogen-bond acceptors (Lipinski definition) is 17. The van der Waals surface area contributed by atoms with Crippen LogP contribution in [0.15, 0.2) is 11.1 Å². The van der Waals surface area contributed by atoms with Crippen LogP contribution >= 0.6 is 14.9 Å². The van der Waals surface area contributed by atoms with Gasteiger partial charge in [-0.25, -0.2) is 25.3 Å². The Labute approximate surface area is 346 Å². The summed E-state index contributed by atoms with van der Waals surface area (Å²) >= 11 is 0. The number of H-pyrrole nitrogens is 1. The highest BCUT2D eigenvalue weighted by molar-refractivity contribution is 7.60. The number of nitrogens with one attached hydrogen (secondary N) is 5. The number of nitrogens with two attached hydrogens (primary N) is 1. The van der Waals surface area contributed by atoms with E-state index in [0.29, 0.717) is 0 Å². The minimum absolute atomic E-state index is 0.0189. The molecule has 338 valence electrons. The first kappa shape index (κ1) is 50.1. The molecular formula is C34H58N10O14P2. The fourth-order valence-electron chi connectivity index (χ4n) is 6.16. The van der Waals surface area contributed by atoms with Gasteiger partial charge in [-0.05, 0) is 55.4 Å². The lowest BCUT2D eigenvalue weighted by atomic mass is 10.2. The van der Waals surface area contributed by atoms with E-state index in [4.69, 9.17) is 29.4 Å². The number of imidazole rings is 1. The topological polar surface area (TPSA) is 327 Å². The molecule has 24 nitrogen and oxygen atoms in total. The number of carbonyl (C=O) groups is 5.